The molecule has 0 radical (unpaired) electrons. The van der Waals surface area contributed by atoms with Crippen molar-refractivity contribution in [3.63, 3.8) is 0 Å². The SMILES string of the molecule is Cc1cccc(Nc2ccccc2C(=O)NCCC(=O)NCCCCCCCNc2c3c(nc4cc(Cl)ccc24)CCCC3)c1C. The van der Waals surface area contributed by atoms with Crippen LogP contribution >= 0.6 is 11.6 Å². The molecule has 2 amide bonds. The number of rotatable bonds is 15. The summed E-state index contributed by atoms with van der Waals surface area (Å²) in [7, 11) is 0. The third kappa shape index (κ3) is 8.79. The molecule has 7 nitrogen and oxygen atoms in total. The Kier molecular flexibility index (Phi) is 11.9. The summed E-state index contributed by atoms with van der Waals surface area (Å²) in [6.45, 7) is 6.01. The van der Waals surface area contributed by atoms with Crippen molar-refractivity contribution in [3.8, 4) is 0 Å². The van der Waals surface area contributed by atoms with Gasteiger partial charge in [-0.05, 0) is 105 Å². The normalized spacial score (nSPS) is 12.4. The van der Waals surface area contributed by atoms with Gasteiger partial charge in [0.15, 0.2) is 0 Å². The number of nitrogens with zero attached hydrogens (tertiary/aromatic N) is 1. The number of nitrogens with one attached hydrogen (secondary N) is 4. The van der Waals surface area contributed by atoms with Crippen LogP contribution in [0.5, 0.6) is 0 Å². The van der Waals surface area contributed by atoms with E-state index in [0.717, 1.165) is 84.4 Å². The van der Waals surface area contributed by atoms with Crippen LogP contribution in [-0.4, -0.2) is 36.4 Å². The van der Waals surface area contributed by atoms with Crippen molar-refractivity contribution in [2.45, 2.75) is 78.1 Å². The molecule has 1 heterocycles. The Morgan fingerprint density at radius 2 is 1.57 bits per heavy atom. The Balaban J connectivity index is 0.958. The summed E-state index contributed by atoms with van der Waals surface area (Å²) in [6, 6.07) is 19.5. The molecule has 0 unspecified atom stereocenters. The maximum atomic E-state index is 12.9. The number of carbonyl (C=O) groups excluding carboxylic acids is 2. The van der Waals surface area contributed by atoms with E-state index in [1.807, 2.05) is 42.5 Å². The van der Waals surface area contributed by atoms with Crippen molar-refractivity contribution < 1.29 is 9.59 Å². The zero-order valence-corrected chi connectivity index (χ0v) is 27.9. The van der Waals surface area contributed by atoms with Crippen LogP contribution in [0.4, 0.5) is 17.1 Å². The number of para-hydroxylation sites is 1. The standard InChI is InChI=1S/C38H46ClN5O2/c1-26-13-12-18-32(27(26)2)43-34-17-9-7-15-31(34)38(46)42-24-21-36(45)40-22-10-4-3-5-11-23-41-37-29-14-6-8-16-33(29)44-35-25-28(39)19-20-30(35)37/h7,9,12-13,15,17-20,25,43H,3-6,8,10-11,14,16,21-24H2,1-2H3,(H,40,45)(H,41,44)(H,42,46). The number of hydrogen-bond donors (Lipinski definition) is 4. The van der Waals surface area contributed by atoms with Gasteiger partial charge in [0.25, 0.3) is 5.91 Å². The largest absolute Gasteiger partial charge is 0.384 e. The summed E-state index contributed by atoms with van der Waals surface area (Å²) in [5.74, 6) is -0.238. The van der Waals surface area contributed by atoms with Crippen LogP contribution in [0.15, 0.2) is 60.7 Å². The molecule has 4 N–H and O–H groups in total. The van der Waals surface area contributed by atoms with Gasteiger partial charge < -0.3 is 21.3 Å². The maximum Gasteiger partial charge on any atom is 0.253 e. The van der Waals surface area contributed by atoms with Crippen LogP contribution < -0.4 is 21.3 Å². The number of amides is 2. The fourth-order valence-electron chi connectivity index (χ4n) is 6.12. The predicted molar refractivity (Wildman–Crippen MR) is 191 cm³/mol. The molecule has 1 aromatic heterocycles. The van der Waals surface area contributed by atoms with Crippen LogP contribution in [0.2, 0.25) is 5.02 Å². The Labute approximate surface area is 277 Å². The van der Waals surface area contributed by atoms with Crippen LogP contribution in [0.3, 0.4) is 0 Å². The second kappa shape index (κ2) is 16.5. The summed E-state index contributed by atoms with van der Waals surface area (Å²) >= 11 is 6.26. The van der Waals surface area contributed by atoms with Crippen LogP contribution in [-0.2, 0) is 17.6 Å². The molecular formula is C38H46ClN5O2. The molecule has 3 aromatic carbocycles. The van der Waals surface area contributed by atoms with Crippen LogP contribution in [0, 0.1) is 13.8 Å². The number of aromatic nitrogens is 1. The first-order chi connectivity index (χ1) is 22.4. The van der Waals surface area contributed by atoms with Gasteiger partial charge in [-0.3, -0.25) is 14.6 Å². The fraction of sp³-hybridized carbons (Fsp3) is 0.395. The maximum absolute atomic E-state index is 12.9. The van der Waals surface area contributed by atoms with E-state index in [9.17, 15) is 9.59 Å². The molecule has 5 rings (SSSR count). The minimum atomic E-state index is -0.197. The van der Waals surface area contributed by atoms with E-state index in [1.54, 1.807) is 6.07 Å². The van der Waals surface area contributed by atoms with Crippen molar-refractivity contribution in [2.24, 2.45) is 0 Å². The van der Waals surface area contributed by atoms with E-state index in [2.05, 4.69) is 47.2 Å². The Morgan fingerprint density at radius 3 is 2.43 bits per heavy atom. The number of hydrogen-bond acceptors (Lipinski definition) is 5. The lowest BCUT2D eigenvalue weighted by Crippen LogP contribution is -2.31. The van der Waals surface area contributed by atoms with E-state index >= 15 is 0 Å². The van der Waals surface area contributed by atoms with Gasteiger partial charge in [0.05, 0.1) is 16.8 Å². The molecule has 0 saturated heterocycles. The molecule has 1 aliphatic rings. The van der Waals surface area contributed by atoms with Crippen molar-refractivity contribution in [1.82, 2.24) is 15.6 Å². The highest BCUT2D eigenvalue weighted by atomic mass is 35.5. The average molecular weight is 640 g/mol. The number of anilines is 3. The summed E-state index contributed by atoms with van der Waals surface area (Å²) in [5, 5.41) is 14.9. The minimum absolute atomic E-state index is 0.0412. The molecule has 46 heavy (non-hydrogen) atoms. The molecule has 1 aliphatic carbocycles. The molecule has 0 aliphatic heterocycles. The van der Waals surface area contributed by atoms with E-state index in [4.69, 9.17) is 16.6 Å². The second-order valence-corrected chi connectivity index (χ2v) is 12.7. The lowest BCUT2D eigenvalue weighted by molar-refractivity contribution is -0.120. The lowest BCUT2D eigenvalue weighted by Gasteiger charge is -2.22. The first-order valence-electron chi connectivity index (χ1n) is 16.7. The fourth-order valence-corrected chi connectivity index (χ4v) is 6.28. The van der Waals surface area contributed by atoms with Crippen LogP contribution in [0.25, 0.3) is 10.9 Å². The highest BCUT2D eigenvalue weighted by molar-refractivity contribution is 6.31. The molecular weight excluding hydrogens is 594 g/mol. The number of unbranched alkanes of at least 4 members (excludes halogenated alkanes) is 4. The monoisotopic (exact) mass is 639 g/mol. The molecule has 0 atom stereocenters. The smallest absolute Gasteiger partial charge is 0.253 e. The number of benzene rings is 3. The van der Waals surface area contributed by atoms with E-state index < -0.39 is 0 Å². The van der Waals surface area contributed by atoms with E-state index in [0.29, 0.717) is 18.7 Å². The van der Waals surface area contributed by atoms with Crippen molar-refractivity contribution >= 4 is 51.4 Å². The van der Waals surface area contributed by atoms with Gasteiger partial charge >= 0.3 is 0 Å². The van der Waals surface area contributed by atoms with Gasteiger partial charge in [-0.2, -0.15) is 0 Å². The third-order valence-corrected chi connectivity index (χ3v) is 9.12. The number of fused-ring (bicyclic) bond motifs is 2. The minimum Gasteiger partial charge on any atom is -0.384 e. The van der Waals surface area contributed by atoms with Crippen molar-refractivity contribution in [3.05, 3.63) is 93.6 Å². The Morgan fingerprint density at radius 1 is 0.804 bits per heavy atom. The summed E-state index contributed by atoms with van der Waals surface area (Å²) in [4.78, 5) is 30.2. The average Bonchev–Trinajstić information content (AvgIpc) is 3.05. The number of halogens is 1. The number of aryl methyl sites for hydroxylation is 2. The number of pyridine rings is 1. The molecule has 4 aromatic rings. The second-order valence-electron chi connectivity index (χ2n) is 12.2. The summed E-state index contributed by atoms with van der Waals surface area (Å²) in [6.07, 6.45) is 10.2. The molecule has 0 spiro atoms. The zero-order valence-electron chi connectivity index (χ0n) is 27.1. The van der Waals surface area contributed by atoms with Gasteiger partial charge in [-0.25, -0.2) is 0 Å². The van der Waals surface area contributed by atoms with E-state index in [-0.39, 0.29) is 18.2 Å². The topological polar surface area (TPSA) is 95.2 Å². The predicted octanol–water partition coefficient (Wildman–Crippen LogP) is 8.43. The van der Waals surface area contributed by atoms with Crippen molar-refractivity contribution in [1.29, 1.82) is 0 Å². The molecule has 242 valence electrons. The van der Waals surface area contributed by atoms with Crippen LogP contribution in [0.1, 0.15) is 84.1 Å². The molecule has 0 fully saturated rings. The quantitative estimate of drug-likeness (QED) is 0.0980. The lowest BCUT2D eigenvalue weighted by atomic mass is 9.92. The first-order valence-corrected chi connectivity index (χ1v) is 17.1. The number of carbonyl (C=O) groups is 2. The Hall–Kier alpha value is -4.10. The molecule has 8 heteroatoms. The van der Waals surface area contributed by atoms with Gasteiger partial charge in [0.2, 0.25) is 5.91 Å². The van der Waals surface area contributed by atoms with Gasteiger partial charge in [0, 0.05) is 53.5 Å². The summed E-state index contributed by atoms with van der Waals surface area (Å²) in [5.41, 5.74) is 9.42. The van der Waals surface area contributed by atoms with Crippen molar-refractivity contribution in [2.75, 3.05) is 30.3 Å². The van der Waals surface area contributed by atoms with E-state index in [1.165, 1.54) is 35.3 Å². The first kappa shape index (κ1) is 33.3. The highest BCUT2D eigenvalue weighted by Gasteiger charge is 2.18. The molecule has 0 saturated carbocycles. The highest BCUT2D eigenvalue weighted by Crippen LogP contribution is 2.34. The Bertz CT molecular complexity index is 1670. The third-order valence-electron chi connectivity index (χ3n) is 8.89. The van der Waals surface area contributed by atoms with Gasteiger partial charge in [0.1, 0.15) is 0 Å². The van der Waals surface area contributed by atoms with Gasteiger partial charge in [-0.1, -0.05) is 55.1 Å². The van der Waals surface area contributed by atoms with Gasteiger partial charge in [-0.15, -0.1) is 0 Å². The molecule has 0 bridgehead atoms. The zero-order chi connectivity index (χ0) is 32.3. The summed E-state index contributed by atoms with van der Waals surface area (Å²) < 4.78 is 0.